The Hall–Kier alpha value is -2.53. The average molecular weight is 333 g/mol. The third-order valence-corrected chi connectivity index (χ3v) is 3.41. The summed E-state index contributed by atoms with van der Waals surface area (Å²) in [5.74, 6) is -0.252. The van der Waals surface area contributed by atoms with Crippen LogP contribution in [0.1, 0.15) is 22.8 Å². The molecule has 0 heterocycles. The lowest BCUT2D eigenvalue weighted by molar-refractivity contribution is 0.0951. The summed E-state index contributed by atoms with van der Waals surface area (Å²) in [5.41, 5.74) is 1.77. The van der Waals surface area contributed by atoms with Crippen molar-refractivity contribution in [1.29, 1.82) is 0 Å². The zero-order valence-corrected chi connectivity index (χ0v) is 13.4. The average Bonchev–Trinajstić information content (AvgIpc) is 2.54. The molecule has 0 aromatic heterocycles. The van der Waals surface area contributed by atoms with E-state index in [1.807, 2.05) is 18.2 Å². The molecule has 0 atom stereocenters. The smallest absolute Gasteiger partial charge is 0.411 e. The second-order valence-corrected chi connectivity index (χ2v) is 5.11. The topological polar surface area (TPSA) is 67.4 Å². The first-order valence-electron chi connectivity index (χ1n) is 7.15. The number of amides is 2. The first-order chi connectivity index (χ1) is 11.1. The molecule has 2 aromatic carbocycles. The van der Waals surface area contributed by atoms with Gasteiger partial charge in [-0.25, -0.2) is 4.79 Å². The summed E-state index contributed by atoms with van der Waals surface area (Å²) >= 11 is 6.05. The van der Waals surface area contributed by atoms with Gasteiger partial charge in [0.2, 0.25) is 0 Å². The van der Waals surface area contributed by atoms with Gasteiger partial charge >= 0.3 is 6.09 Å². The Balaban J connectivity index is 1.99. The molecule has 2 aromatic rings. The Labute approximate surface area is 139 Å². The van der Waals surface area contributed by atoms with E-state index in [1.54, 1.807) is 37.3 Å². The molecule has 0 bridgehead atoms. The summed E-state index contributed by atoms with van der Waals surface area (Å²) in [6.07, 6.45) is -0.555. The Kier molecular flexibility index (Phi) is 6.00. The van der Waals surface area contributed by atoms with E-state index < -0.39 is 6.09 Å². The van der Waals surface area contributed by atoms with Crippen molar-refractivity contribution < 1.29 is 14.3 Å². The van der Waals surface area contributed by atoms with Crippen molar-refractivity contribution in [3.05, 3.63) is 64.7 Å². The van der Waals surface area contributed by atoms with E-state index in [0.717, 1.165) is 5.56 Å². The Bertz CT molecular complexity index is 704. The second kappa shape index (κ2) is 8.19. The van der Waals surface area contributed by atoms with E-state index in [4.69, 9.17) is 16.3 Å². The van der Waals surface area contributed by atoms with Gasteiger partial charge < -0.3 is 10.1 Å². The quantitative estimate of drug-likeness (QED) is 0.874. The minimum Gasteiger partial charge on any atom is -0.450 e. The molecule has 0 radical (unpaired) electrons. The molecule has 0 aliphatic rings. The number of benzene rings is 2. The van der Waals surface area contributed by atoms with Crippen molar-refractivity contribution in [1.82, 2.24) is 5.32 Å². The number of hydrogen-bond acceptors (Lipinski definition) is 3. The van der Waals surface area contributed by atoms with Crippen molar-refractivity contribution in [2.75, 3.05) is 11.9 Å². The zero-order valence-electron chi connectivity index (χ0n) is 12.6. The van der Waals surface area contributed by atoms with Crippen LogP contribution < -0.4 is 10.6 Å². The number of anilines is 1. The highest BCUT2D eigenvalue weighted by Gasteiger charge is 2.09. The minimum atomic E-state index is -0.555. The van der Waals surface area contributed by atoms with E-state index in [2.05, 4.69) is 10.6 Å². The molecule has 0 aliphatic carbocycles. The number of hydrogen-bond donors (Lipinski definition) is 2. The van der Waals surface area contributed by atoms with Crippen molar-refractivity contribution in [2.24, 2.45) is 0 Å². The maximum atomic E-state index is 12.2. The molecule has 0 unspecified atom stereocenters. The Morgan fingerprint density at radius 2 is 1.91 bits per heavy atom. The summed E-state index contributed by atoms with van der Waals surface area (Å²) in [7, 11) is 0. The minimum absolute atomic E-state index is 0.252. The van der Waals surface area contributed by atoms with Crippen LogP contribution in [0.25, 0.3) is 0 Å². The lowest BCUT2D eigenvalue weighted by Gasteiger charge is -2.09. The number of rotatable bonds is 5. The zero-order chi connectivity index (χ0) is 16.7. The monoisotopic (exact) mass is 332 g/mol. The Morgan fingerprint density at radius 1 is 1.13 bits per heavy atom. The van der Waals surface area contributed by atoms with Gasteiger partial charge in [0.1, 0.15) is 0 Å². The van der Waals surface area contributed by atoms with E-state index in [-0.39, 0.29) is 12.5 Å². The van der Waals surface area contributed by atoms with Gasteiger partial charge in [0.25, 0.3) is 5.91 Å². The maximum Gasteiger partial charge on any atom is 0.411 e. The van der Waals surface area contributed by atoms with E-state index in [9.17, 15) is 9.59 Å². The highest BCUT2D eigenvalue weighted by atomic mass is 35.5. The third kappa shape index (κ3) is 5.00. The molecule has 0 aliphatic heterocycles. The molecule has 0 spiro atoms. The van der Waals surface area contributed by atoms with Crippen LogP contribution in [-0.2, 0) is 11.3 Å². The standard InChI is InChI=1S/C17H17ClN2O3/c1-2-23-17(22)20-14-8-5-7-12(10-14)16(21)19-11-13-6-3-4-9-15(13)18/h3-10H,2,11H2,1H3,(H,19,21)(H,20,22). The van der Waals surface area contributed by atoms with E-state index >= 15 is 0 Å². The molecule has 6 heteroatoms. The van der Waals surface area contributed by atoms with Crippen molar-refractivity contribution in [3.8, 4) is 0 Å². The van der Waals surface area contributed by atoms with Gasteiger partial charge in [-0.2, -0.15) is 0 Å². The summed E-state index contributed by atoms with van der Waals surface area (Å²) in [6, 6.07) is 13.9. The molecule has 0 saturated carbocycles. The molecule has 2 amide bonds. The number of nitrogens with one attached hydrogen (secondary N) is 2. The largest absolute Gasteiger partial charge is 0.450 e. The van der Waals surface area contributed by atoms with Gasteiger partial charge in [0.15, 0.2) is 0 Å². The van der Waals surface area contributed by atoms with Crippen LogP contribution in [0.5, 0.6) is 0 Å². The predicted octanol–water partition coefficient (Wildman–Crippen LogP) is 3.84. The van der Waals surface area contributed by atoms with Crippen molar-refractivity contribution in [2.45, 2.75) is 13.5 Å². The number of carbonyl (C=O) groups excluding carboxylic acids is 2. The van der Waals surface area contributed by atoms with Crippen LogP contribution in [0.4, 0.5) is 10.5 Å². The van der Waals surface area contributed by atoms with Gasteiger partial charge in [-0.1, -0.05) is 35.9 Å². The van der Waals surface area contributed by atoms with Crippen molar-refractivity contribution in [3.63, 3.8) is 0 Å². The normalized spacial score (nSPS) is 10.0. The summed E-state index contributed by atoms with van der Waals surface area (Å²) in [6.45, 7) is 2.33. The number of ether oxygens (including phenoxy) is 1. The fourth-order valence-corrected chi connectivity index (χ4v) is 2.15. The molecular formula is C17H17ClN2O3. The first kappa shape index (κ1) is 16.8. The molecule has 0 fully saturated rings. The van der Waals surface area contributed by atoms with E-state index in [0.29, 0.717) is 22.8 Å². The van der Waals surface area contributed by atoms with Gasteiger partial charge in [-0.3, -0.25) is 10.1 Å². The van der Waals surface area contributed by atoms with E-state index in [1.165, 1.54) is 0 Å². The SMILES string of the molecule is CCOC(=O)Nc1cccc(C(=O)NCc2ccccc2Cl)c1. The molecule has 0 saturated heterocycles. The predicted molar refractivity (Wildman–Crippen MR) is 89.7 cm³/mol. The van der Waals surface area contributed by atoms with Gasteiger partial charge in [0.05, 0.1) is 6.61 Å². The lowest BCUT2D eigenvalue weighted by Crippen LogP contribution is -2.23. The molecular weight excluding hydrogens is 316 g/mol. The maximum absolute atomic E-state index is 12.2. The molecule has 2 N–H and O–H groups in total. The van der Waals surface area contributed by atoms with Crippen molar-refractivity contribution >= 4 is 29.3 Å². The fourth-order valence-electron chi connectivity index (χ4n) is 1.94. The molecule has 120 valence electrons. The van der Waals surface area contributed by atoms with Gasteiger partial charge in [0, 0.05) is 22.8 Å². The Morgan fingerprint density at radius 3 is 2.65 bits per heavy atom. The lowest BCUT2D eigenvalue weighted by atomic mass is 10.1. The van der Waals surface area contributed by atoms with Crippen LogP contribution >= 0.6 is 11.6 Å². The van der Waals surface area contributed by atoms with Gasteiger partial charge in [-0.05, 0) is 36.8 Å². The summed E-state index contributed by atoms with van der Waals surface area (Å²) < 4.78 is 4.80. The molecule has 23 heavy (non-hydrogen) atoms. The number of carbonyl (C=O) groups is 2. The second-order valence-electron chi connectivity index (χ2n) is 4.70. The van der Waals surface area contributed by atoms with Crippen LogP contribution in [0, 0.1) is 0 Å². The fraction of sp³-hybridized carbons (Fsp3) is 0.176. The van der Waals surface area contributed by atoms with Crippen LogP contribution in [0.2, 0.25) is 5.02 Å². The summed E-state index contributed by atoms with van der Waals surface area (Å²) in [5, 5.41) is 5.96. The molecule has 5 nitrogen and oxygen atoms in total. The van der Waals surface area contributed by atoms with Crippen LogP contribution in [0.3, 0.4) is 0 Å². The highest BCUT2D eigenvalue weighted by Crippen LogP contribution is 2.15. The first-order valence-corrected chi connectivity index (χ1v) is 7.53. The highest BCUT2D eigenvalue weighted by molar-refractivity contribution is 6.31. The molecule has 2 rings (SSSR count). The third-order valence-electron chi connectivity index (χ3n) is 3.04. The van der Waals surface area contributed by atoms with Crippen LogP contribution in [-0.4, -0.2) is 18.6 Å². The van der Waals surface area contributed by atoms with Gasteiger partial charge in [-0.15, -0.1) is 0 Å². The summed E-state index contributed by atoms with van der Waals surface area (Å²) in [4.78, 5) is 23.6. The number of halogens is 1. The van der Waals surface area contributed by atoms with Crippen LogP contribution in [0.15, 0.2) is 48.5 Å².